The van der Waals surface area contributed by atoms with Crippen LogP contribution in [0.4, 0.5) is 0 Å². The van der Waals surface area contributed by atoms with Gasteiger partial charge >= 0.3 is 0 Å². The summed E-state index contributed by atoms with van der Waals surface area (Å²) < 4.78 is 18.6. The Bertz CT molecular complexity index is 1760. The molecule has 0 saturated heterocycles. The molecule has 10 nitrogen and oxygen atoms in total. The Hall–Kier alpha value is -4.72. The highest BCUT2D eigenvalue weighted by atomic mass is 16.5. The Kier molecular flexibility index (Phi) is 14.8. The second-order valence-electron chi connectivity index (χ2n) is 14.5. The fraction of sp³-hybridized carbons (Fsp3) is 0.488. The predicted molar refractivity (Wildman–Crippen MR) is 209 cm³/mol. The summed E-state index contributed by atoms with van der Waals surface area (Å²) in [7, 11) is 1.50. The third-order valence-corrected chi connectivity index (χ3v) is 9.73. The van der Waals surface area contributed by atoms with E-state index in [1.807, 2.05) is 6.07 Å². The number of benzene rings is 3. The Balaban J connectivity index is 1.42. The molecule has 5 rings (SSSR count). The van der Waals surface area contributed by atoms with E-state index >= 15 is 0 Å². The average Bonchev–Trinajstić information content (AvgIpc) is 3.15. The molecule has 0 aromatic heterocycles. The van der Waals surface area contributed by atoms with E-state index in [0.29, 0.717) is 75.3 Å². The van der Waals surface area contributed by atoms with Crippen molar-refractivity contribution in [3.05, 3.63) is 81.9 Å². The van der Waals surface area contributed by atoms with E-state index < -0.39 is 6.10 Å². The molecule has 3 aromatic carbocycles. The van der Waals surface area contributed by atoms with Gasteiger partial charge in [0.2, 0.25) is 0 Å². The third kappa shape index (κ3) is 11.6. The number of carbonyl (C=O) groups excluding carboxylic acids is 1. The molecule has 0 amide bonds. The van der Waals surface area contributed by atoms with Crippen LogP contribution in [0.5, 0.6) is 23.0 Å². The number of aliphatic imine (C=N–C) groups is 1. The zero-order valence-electron chi connectivity index (χ0n) is 31.5. The second kappa shape index (κ2) is 19.9. The molecule has 2 aliphatic rings. The molecule has 0 saturated carbocycles. The number of rotatable bonds is 13. The number of ketones is 1. The lowest BCUT2D eigenvalue weighted by Gasteiger charge is -2.30. The molecule has 2 bridgehead atoms. The number of phenols is 1. The van der Waals surface area contributed by atoms with Crippen molar-refractivity contribution >= 4 is 11.7 Å². The summed E-state index contributed by atoms with van der Waals surface area (Å²) in [6.07, 6.45) is 4.95. The number of fused-ring (bicyclic) bond motifs is 5. The minimum absolute atomic E-state index is 0.0117. The van der Waals surface area contributed by atoms with E-state index in [9.17, 15) is 15.0 Å². The number of carbonyl (C=O) groups is 1. The molecule has 0 fully saturated rings. The molecule has 1 aliphatic carbocycles. The molecule has 1 heterocycles. The van der Waals surface area contributed by atoms with Crippen LogP contribution < -0.4 is 30.6 Å². The van der Waals surface area contributed by atoms with Crippen LogP contribution in [0.25, 0.3) is 0 Å². The van der Waals surface area contributed by atoms with Gasteiger partial charge in [0, 0.05) is 43.5 Å². The van der Waals surface area contributed by atoms with E-state index in [2.05, 4.69) is 71.6 Å². The van der Waals surface area contributed by atoms with Gasteiger partial charge in [-0.3, -0.25) is 15.1 Å². The van der Waals surface area contributed by atoms with Crippen molar-refractivity contribution in [2.24, 2.45) is 22.6 Å². The number of aliphatic hydroxyl groups excluding tert-OH is 1. The fourth-order valence-corrected chi connectivity index (χ4v) is 6.87. The molecule has 53 heavy (non-hydrogen) atoms. The van der Waals surface area contributed by atoms with Gasteiger partial charge in [0.25, 0.3) is 0 Å². The van der Waals surface area contributed by atoms with Gasteiger partial charge in [0.15, 0.2) is 29.0 Å². The third-order valence-electron chi connectivity index (χ3n) is 9.73. The van der Waals surface area contributed by atoms with E-state index in [1.54, 1.807) is 12.1 Å². The number of hydrogen-bond donors (Lipinski definition) is 5. The first-order valence-corrected chi connectivity index (χ1v) is 19.0. The van der Waals surface area contributed by atoms with Gasteiger partial charge in [0.05, 0.1) is 25.4 Å². The first kappa shape index (κ1) is 39.5. The number of aliphatic hydroxyl groups is 1. The maximum absolute atomic E-state index is 13.0. The number of methoxy groups -OCH3 is 1. The summed E-state index contributed by atoms with van der Waals surface area (Å²) in [5, 5.41) is 28.3. The maximum Gasteiger partial charge on any atom is 0.188 e. The molecule has 3 aromatic rings. The first-order valence-electron chi connectivity index (χ1n) is 19.0. The van der Waals surface area contributed by atoms with E-state index in [4.69, 9.17) is 19.9 Å². The molecule has 0 radical (unpaired) electrons. The van der Waals surface area contributed by atoms with Gasteiger partial charge in [-0.1, -0.05) is 68.2 Å². The molecule has 2 unspecified atom stereocenters. The fourth-order valence-electron chi connectivity index (χ4n) is 6.87. The lowest BCUT2D eigenvalue weighted by atomic mass is 9.86. The SMILES string of the molecule is COc1c(O)ccc2c1C#CCc1cc(c3c(c1OCNCCCc1ccccc1)OCC(CCNC(N)=NCC(C)C)C3)CCC(O)CC(=O)CC2. The number of nitrogens with zero attached hydrogens (tertiary/aromatic N) is 1. The molecule has 284 valence electrons. The summed E-state index contributed by atoms with van der Waals surface area (Å²) in [5.74, 6) is 9.33. The first-order chi connectivity index (χ1) is 25.7. The van der Waals surface area contributed by atoms with Crippen molar-refractivity contribution in [1.82, 2.24) is 10.6 Å². The second-order valence-corrected chi connectivity index (χ2v) is 14.5. The number of nitrogens with one attached hydrogen (secondary N) is 2. The quantitative estimate of drug-likeness (QED) is 0.0524. The van der Waals surface area contributed by atoms with Crippen molar-refractivity contribution in [3.63, 3.8) is 0 Å². The number of hydrogen-bond acceptors (Lipinski definition) is 8. The van der Waals surface area contributed by atoms with Gasteiger partial charge < -0.3 is 35.5 Å². The monoisotopic (exact) mass is 724 g/mol. The van der Waals surface area contributed by atoms with Crippen molar-refractivity contribution in [2.45, 2.75) is 84.2 Å². The molecule has 2 atom stereocenters. The van der Waals surface area contributed by atoms with E-state index in [-0.39, 0.29) is 36.0 Å². The normalized spacial score (nSPS) is 17.7. The van der Waals surface area contributed by atoms with Crippen molar-refractivity contribution in [1.29, 1.82) is 0 Å². The van der Waals surface area contributed by atoms with Crippen LogP contribution in [0, 0.1) is 23.7 Å². The number of phenolic OH excluding ortho intramolecular Hbond substituents is 1. The van der Waals surface area contributed by atoms with Crippen molar-refractivity contribution in [2.75, 3.05) is 40.1 Å². The standard InChI is InChI=1S/C43H56N4O6/c1-29(2)26-47-43(44)46-22-20-31-23-38-33-15-18-36(49)25-35(48)17-14-32-16-19-39(50)41(51-3)37(32)13-7-12-34(24-33)40(42(38)52-27-31)53-28-45-21-8-11-30-9-5-4-6-10-30/h4-6,9-10,16,19,24,29,31,36,45,49-50H,8,11-12,14-15,17-18,20-23,25-28H2,1-3H3,(H3,44,46,47). The zero-order chi connectivity index (χ0) is 37.6. The van der Waals surface area contributed by atoms with Gasteiger partial charge in [0.1, 0.15) is 12.5 Å². The molecule has 6 N–H and O–H groups in total. The highest BCUT2D eigenvalue weighted by Gasteiger charge is 2.28. The van der Waals surface area contributed by atoms with Gasteiger partial charge in [-0.15, -0.1) is 0 Å². The summed E-state index contributed by atoms with van der Waals surface area (Å²) >= 11 is 0. The summed E-state index contributed by atoms with van der Waals surface area (Å²) in [4.78, 5) is 17.4. The summed E-state index contributed by atoms with van der Waals surface area (Å²) in [5.41, 5.74) is 11.8. The largest absolute Gasteiger partial charge is 0.504 e. The minimum Gasteiger partial charge on any atom is -0.504 e. The van der Waals surface area contributed by atoms with Crippen molar-refractivity contribution in [3.8, 4) is 34.8 Å². The molecule has 1 aliphatic heterocycles. The maximum atomic E-state index is 13.0. The number of aryl methyl sites for hydroxylation is 3. The Morgan fingerprint density at radius 3 is 2.68 bits per heavy atom. The highest BCUT2D eigenvalue weighted by Crippen LogP contribution is 2.43. The van der Waals surface area contributed by atoms with E-state index in [0.717, 1.165) is 60.2 Å². The van der Waals surface area contributed by atoms with Gasteiger partial charge in [-0.25, -0.2) is 0 Å². The number of Topliss-reactive ketones (excluding diaryl/α,β-unsaturated/α-hetero) is 1. The van der Waals surface area contributed by atoms with Crippen LogP contribution in [0.2, 0.25) is 0 Å². The number of guanidine groups is 1. The van der Waals surface area contributed by atoms with Crippen molar-refractivity contribution < 1.29 is 29.2 Å². The van der Waals surface area contributed by atoms with E-state index in [1.165, 1.54) is 12.7 Å². The molecular formula is C43H56N4O6. The smallest absolute Gasteiger partial charge is 0.188 e. The highest BCUT2D eigenvalue weighted by molar-refractivity contribution is 5.79. The summed E-state index contributed by atoms with van der Waals surface area (Å²) in [6.45, 7) is 7.19. The lowest BCUT2D eigenvalue weighted by molar-refractivity contribution is -0.121. The number of nitrogens with two attached hydrogens (primary N) is 1. The Morgan fingerprint density at radius 2 is 1.89 bits per heavy atom. The van der Waals surface area contributed by atoms with Crippen LogP contribution in [-0.4, -0.2) is 68.1 Å². The zero-order valence-corrected chi connectivity index (χ0v) is 31.5. The van der Waals surface area contributed by atoms with Crippen LogP contribution in [0.1, 0.15) is 79.3 Å². The molecule has 0 spiro atoms. The molecule has 10 heteroatoms. The number of aromatic hydroxyl groups is 1. The van der Waals surface area contributed by atoms with Gasteiger partial charge in [-0.2, -0.15) is 0 Å². The topological polar surface area (TPSA) is 148 Å². The predicted octanol–water partition coefficient (Wildman–Crippen LogP) is 5.25. The molecular weight excluding hydrogens is 668 g/mol. The Labute approximate surface area is 314 Å². The number of ether oxygens (including phenoxy) is 3. The van der Waals surface area contributed by atoms with Crippen LogP contribution in [0.3, 0.4) is 0 Å². The van der Waals surface area contributed by atoms with Crippen LogP contribution in [0.15, 0.2) is 53.5 Å². The summed E-state index contributed by atoms with van der Waals surface area (Å²) in [6, 6.07) is 15.9. The van der Waals surface area contributed by atoms with Gasteiger partial charge in [-0.05, 0) is 86.1 Å². The average molecular weight is 725 g/mol. The van der Waals surface area contributed by atoms with Crippen LogP contribution in [-0.2, 0) is 36.9 Å². The van der Waals surface area contributed by atoms with Crippen LogP contribution >= 0.6 is 0 Å². The Morgan fingerprint density at radius 1 is 1.06 bits per heavy atom. The lowest BCUT2D eigenvalue weighted by Crippen LogP contribution is -2.35. The minimum atomic E-state index is -0.773.